The highest BCUT2D eigenvalue weighted by molar-refractivity contribution is 5.97. The number of nitrogens with one attached hydrogen (secondary N) is 2. The molecule has 0 bridgehead atoms. The Morgan fingerprint density at radius 1 is 1.09 bits per heavy atom. The van der Waals surface area contributed by atoms with Gasteiger partial charge in [0.2, 0.25) is 5.91 Å². The van der Waals surface area contributed by atoms with Crippen molar-refractivity contribution >= 4 is 23.8 Å². The predicted molar refractivity (Wildman–Crippen MR) is 128 cm³/mol. The molecule has 9 heteroatoms. The number of carboxylic acid groups (broad SMARTS) is 1. The third kappa shape index (κ3) is 4.75. The molecule has 35 heavy (non-hydrogen) atoms. The first-order chi connectivity index (χ1) is 16.9. The van der Waals surface area contributed by atoms with Crippen LogP contribution < -0.4 is 10.6 Å². The summed E-state index contributed by atoms with van der Waals surface area (Å²) in [5.74, 6) is -1.21. The van der Waals surface area contributed by atoms with Crippen LogP contribution in [0.3, 0.4) is 0 Å². The van der Waals surface area contributed by atoms with Crippen LogP contribution in [-0.2, 0) is 16.6 Å². The van der Waals surface area contributed by atoms with E-state index in [0.29, 0.717) is 12.3 Å². The fourth-order valence-corrected chi connectivity index (χ4v) is 4.64. The lowest BCUT2D eigenvalue weighted by Crippen LogP contribution is -2.44. The molecule has 9 nitrogen and oxygen atoms in total. The number of hydrogen-bond donors (Lipinski definition) is 3. The van der Waals surface area contributed by atoms with Gasteiger partial charge in [0.05, 0.1) is 0 Å². The minimum atomic E-state index is -1.15. The van der Waals surface area contributed by atoms with E-state index in [0.717, 1.165) is 35.1 Å². The van der Waals surface area contributed by atoms with E-state index in [1.165, 1.54) is 17.8 Å². The number of carbonyl (C=O) groups excluding carboxylic acids is 2. The largest absolute Gasteiger partial charge is 0.477 e. The lowest BCUT2D eigenvalue weighted by Gasteiger charge is -2.19. The smallest absolute Gasteiger partial charge is 0.407 e. The molecule has 2 aliphatic carbocycles. The SMILES string of the molecule is Cn1nc(NC(=O)C(CC2CC2)NC(=O)OCC2c3ccccc3-c3ccccc32)cc1C(=O)O. The van der Waals surface area contributed by atoms with Crippen LogP contribution in [0, 0.1) is 5.92 Å². The quantitative estimate of drug-likeness (QED) is 0.457. The van der Waals surface area contributed by atoms with Crippen molar-refractivity contribution < 1.29 is 24.2 Å². The van der Waals surface area contributed by atoms with Gasteiger partial charge in [-0.05, 0) is 34.6 Å². The van der Waals surface area contributed by atoms with Crippen LogP contribution in [-0.4, -0.2) is 45.5 Å². The van der Waals surface area contributed by atoms with Crippen LogP contribution in [0.2, 0.25) is 0 Å². The summed E-state index contributed by atoms with van der Waals surface area (Å²) >= 11 is 0. The first kappa shape index (κ1) is 22.6. The summed E-state index contributed by atoms with van der Waals surface area (Å²) in [5.41, 5.74) is 4.44. The number of alkyl carbamates (subject to hydrolysis) is 1. The molecule has 3 N–H and O–H groups in total. The minimum absolute atomic E-state index is 0.0523. The topological polar surface area (TPSA) is 123 Å². The number of carbonyl (C=O) groups is 3. The number of aryl methyl sites for hydroxylation is 1. The van der Waals surface area contributed by atoms with Gasteiger partial charge < -0.3 is 20.5 Å². The Balaban J connectivity index is 1.24. The molecule has 3 aromatic rings. The maximum atomic E-state index is 12.9. The van der Waals surface area contributed by atoms with Crippen molar-refractivity contribution in [2.75, 3.05) is 11.9 Å². The Bertz CT molecular complexity index is 1250. The molecule has 0 spiro atoms. The number of aromatic nitrogens is 2. The number of rotatable bonds is 8. The van der Waals surface area contributed by atoms with Gasteiger partial charge in [0, 0.05) is 19.0 Å². The van der Waals surface area contributed by atoms with E-state index in [1.54, 1.807) is 0 Å². The van der Waals surface area contributed by atoms with E-state index < -0.39 is 24.0 Å². The third-order valence-corrected chi connectivity index (χ3v) is 6.57. The Hall–Kier alpha value is -4.14. The van der Waals surface area contributed by atoms with E-state index >= 15 is 0 Å². The zero-order valence-electron chi connectivity index (χ0n) is 19.2. The molecule has 5 rings (SSSR count). The third-order valence-electron chi connectivity index (χ3n) is 6.57. The number of anilines is 1. The average Bonchev–Trinajstić information content (AvgIpc) is 3.50. The lowest BCUT2D eigenvalue weighted by molar-refractivity contribution is -0.118. The highest BCUT2D eigenvalue weighted by atomic mass is 16.5. The molecule has 0 radical (unpaired) electrons. The zero-order valence-corrected chi connectivity index (χ0v) is 19.2. The zero-order chi connectivity index (χ0) is 24.5. The number of benzene rings is 2. The maximum Gasteiger partial charge on any atom is 0.407 e. The summed E-state index contributed by atoms with van der Waals surface area (Å²) in [6.07, 6.45) is 1.82. The molecule has 1 heterocycles. The van der Waals surface area contributed by atoms with Crippen molar-refractivity contribution in [3.8, 4) is 11.1 Å². The molecule has 2 aliphatic rings. The maximum absolute atomic E-state index is 12.9. The first-order valence-corrected chi connectivity index (χ1v) is 11.6. The number of ether oxygens (including phenoxy) is 1. The summed E-state index contributed by atoms with van der Waals surface area (Å²) in [5, 5.41) is 18.5. The van der Waals surface area contributed by atoms with Crippen molar-refractivity contribution in [3.63, 3.8) is 0 Å². The number of hydrogen-bond acceptors (Lipinski definition) is 5. The van der Waals surface area contributed by atoms with Gasteiger partial charge >= 0.3 is 12.1 Å². The second-order valence-electron chi connectivity index (χ2n) is 9.03. The van der Waals surface area contributed by atoms with Gasteiger partial charge in [-0.3, -0.25) is 9.48 Å². The highest BCUT2D eigenvalue weighted by Crippen LogP contribution is 2.44. The minimum Gasteiger partial charge on any atom is -0.477 e. The van der Waals surface area contributed by atoms with Gasteiger partial charge in [0.15, 0.2) is 5.82 Å². The van der Waals surface area contributed by atoms with E-state index in [-0.39, 0.29) is 24.0 Å². The molecule has 2 aromatic carbocycles. The van der Waals surface area contributed by atoms with Crippen LogP contribution in [0.25, 0.3) is 11.1 Å². The molecule has 0 saturated heterocycles. The molecule has 1 fully saturated rings. The highest BCUT2D eigenvalue weighted by Gasteiger charge is 2.33. The summed E-state index contributed by atoms with van der Waals surface area (Å²) in [4.78, 5) is 36.9. The second-order valence-corrected chi connectivity index (χ2v) is 9.03. The van der Waals surface area contributed by atoms with Crippen LogP contribution >= 0.6 is 0 Å². The van der Waals surface area contributed by atoms with E-state index in [2.05, 4.69) is 27.9 Å². The first-order valence-electron chi connectivity index (χ1n) is 11.6. The number of fused-ring (bicyclic) bond motifs is 3. The summed E-state index contributed by atoms with van der Waals surface area (Å²) < 4.78 is 6.77. The second kappa shape index (κ2) is 9.25. The van der Waals surface area contributed by atoms with Gasteiger partial charge in [-0.1, -0.05) is 61.4 Å². The average molecular weight is 475 g/mol. The normalized spacial score (nSPS) is 15.1. The van der Waals surface area contributed by atoms with Crippen molar-refractivity contribution in [2.45, 2.75) is 31.2 Å². The monoisotopic (exact) mass is 474 g/mol. The standard InChI is InChI=1S/C26H26N4O5/c1-30-22(25(32)33)13-23(29-30)28-24(31)21(12-15-10-11-15)27-26(34)35-14-20-18-8-4-2-6-16(18)17-7-3-5-9-19(17)20/h2-9,13,15,20-21H,10-12,14H2,1H3,(H,27,34)(H,32,33)(H,28,29,31). The Kier molecular flexibility index (Phi) is 5.98. The van der Waals surface area contributed by atoms with E-state index in [1.807, 2.05) is 36.4 Å². The molecule has 1 aromatic heterocycles. The lowest BCUT2D eigenvalue weighted by atomic mass is 9.98. The molecule has 180 valence electrons. The van der Waals surface area contributed by atoms with E-state index in [4.69, 9.17) is 4.74 Å². The van der Waals surface area contributed by atoms with Gasteiger partial charge in [0.1, 0.15) is 18.3 Å². The van der Waals surface area contributed by atoms with Crippen LogP contribution in [0.4, 0.5) is 10.6 Å². The molecular weight excluding hydrogens is 448 g/mol. The van der Waals surface area contributed by atoms with Gasteiger partial charge in [-0.2, -0.15) is 5.10 Å². The van der Waals surface area contributed by atoms with Crippen LogP contribution in [0.15, 0.2) is 54.6 Å². The van der Waals surface area contributed by atoms with Gasteiger partial charge in [-0.25, -0.2) is 9.59 Å². The van der Waals surface area contributed by atoms with Crippen molar-refractivity contribution in [2.24, 2.45) is 13.0 Å². The fraction of sp³-hybridized carbons (Fsp3) is 0.308. The van der Waals surface area contributed by atoms with Crippen molar-refractivity contribution in [3.05, 3.63) is 71.4 Å². The molecule has 2 amide bonds. The van der Waals surface area contributed by atoms with Crippen LogP contribution in [0.5, 0.6) is 0 Å². The molecule has 1 unspecified atom stereocenters. The Morgan fingerprint density at radius 3 is 2.29 bits per heavy atom. The summed E-state index contributed by atoms with van der Waals surface area (Å²) in [6, 6.07) is 16.6. The number of carboxylic acids is 1. The Morgan fingerprint density at radius 2 is 1.71 bits per heavy atom. The number of amides is 2. The number of aromatic carboxylic acids is 1. The summed E-state index contributed by atoms with van der Waals surface area (Å²) in [7, 11) is 1.48. The molecular formula is C26H26N4O5. The predicted octanol–water partition coefficient (Wildman–Crippen LogP) is 3.76. The fourth-order valence-electron chi connectivity index (χ4n) is 4.64. The van der Waals surface area contributed by atoms with Crippen molar-refractivity contribution in [1.29, 1.82) is 0 Å². The van der Waals surface area contributed by atoms with Crippen LogP contribution in [0.1, 0.15) is 46.8 Å². The summed E-state index contributed by atoms with van der Waals surface area (Å²) in [6.45, 7) is 0.153. The van der Waals surface area contributed by atoms with Gasteiger partial charge in [0.25, 0.3) is 0 Å². The van der Waals surface area contributed by atoms with Crippen molar-refractivity contribution in [1.82, 2.24) is 15.1 Å². The molecule has 0 aliphatic heterocycles. The van der Waals surface area contributed by atoms with Gasteiger partial charge in [-0.15, -0.1) is 0 Å². The molecule has 1 atom stereocenters. The Labute approximate surface area is 202 Å². The van der Waals surface area contributed by atoms with E-state index in [9.17, 15) is 19.5 Å². The molecule has 1 saturated carbocycles. The number of nitrogens with zero attached hydrogens (tertiary/aromatic N) is 2.